The topological polar surface area (TPSA) is 29.5 Å². The summed E-state index contributed by atoms with van der Waals surface area (Å²) < 4.78 is 28.0. The van der Waals surface area contributed by atoms with E-state index in [1.165, 1.54) is 6.07 Å². The van der Waals surface area contributed by atoms with Gasteiger partial charge in [-0.3, -0.25) is 0 Å². The van der Waals surface area contributed by atoms with Gasteiger partial charge in [0.2, 0.25) is 0 Å². The van der Waals surface area contributed by atoms with E-state index >= 15 is 0 Å². The van der Waals surface area contributed by atoms with Crippen molar-refractivity contribution < 1.29 is 18.6 Å². The van der Waals surface area contributed by atoms with E-state index in [4.69, 9.17) is 0 Å². The van der Waals surface area contributed by atoms with Gasteiger partial charge in [0.1, 0.15) is 5.75 Å². The van der Waals surface area contributed by atoms with Crippen molar-refractivity contribution in [1.29, 1.82) is 0 Å². The van der Waals surface area contributed by atoms with E-state index < -0.39 is 12.7 Å². The highest BCUT2D eigenvalue weighted by molar-refractivity contribution is 5.36. The molecule has 1 atom stereocenters. The van der Waals surface area contributed by atoms with Gasteiger partial charge < -0.3 is 9.84 Å². The molecule has 0 saturated carbocycles. The standard InChI is InChI=1S/C10H12F2O2/c1-6-5-8(7(2)13)3-4-9(6)14-10(11)12/h3-5,7,10,13H,1-2H3. The van der Waals surface area contributed by atoms with Crippen LogP contribution in [0.2, 0.25) is 0 Å². The Bertz CT molecular complexity index is 311. The van der Waals surface area contributed by atoms with Crippen molar-refractivity contribution in [3.05, 3.63) is 29.3 Å². The van der Waals surface area contributed by atoms with E-state index in [2.05, 4.69) is 4.74 Å². The Balaban J connectivity index is 2.90. The van der Waals surface area contributed by atoms with Crippen molar-refractivity contribution in [2.45, 2.75) is 26.6 Å². The predicted molar refractivity (Wildman–Crippen MR) is 48.4 cm³/mol. The second-order valence-electron chi connectivity index (χ2n) is 3.08. The van der Waals surface area contributed by atoms with Crippen LogP contribution in [-0.4, -0.2) is 11.7 Å². The first kappa shape index (κ1) is 10.9. The molecule has 1 aromatic rings. The Morgan fingerprint density at radius 2 is 2.00 bits per heavy atom. The zero-order valence-corrected chi connectivity index (χ0v) is 8.00. The van der Waals surface area contributed by atoms with Crippen molar-refractivity contribution in [3.63, 3.8) is 0 Å². The lowest BCUT2D eigenvalue weighted by molar-refractivity contribution is -0.0503. The van der Waals surface area contributed by atoms with Crippen LogP contribution in [0.15, 0.2) is 18.2 Å². The Morgan fingerprint density at radius 3 is 2.43 bits per heavy atom. The van der Waals surface area contributed by atoms with Crippen molar-refractivity contribution in [2.75, 3.05) is 0 Å². The third-order valence-corrected chi connectivity index (χ3v) is 1.90. The van der Waals surface area contributed by atoms with Crippen LogP contribution >= 0.6 is 0 Å². The summed E-state index contributed by atoms with van der Waals surface area (Å²) in [5.41, 5.74) is 1.27. The molecule has 0 spiro atoms. The van der Waals surface area contributed by atoms with Gasteiger partial charge in [-0.15, -0.1) is 0 Å². The minimum atomic E-state index is -2.81. The van der Waals surface area contributed by atoms with Crippen molar-refractivity contribution in [1.82, 2.24) is 0 Å². The molecule has 14 heavy (non-hydrogen) atoms. The second kappa shape index (κ2) is 4.37. The number of rotatable bonds is 3. The van der Waals surface area contributed by atoms with Gasteiger partial charge in [0.25, 0.3) is 0 Å². The molecule has 0 amide bonds. The molecule has 2 nitrogen and oxygen atoms in total. The number of aliphatic hydroxyl groups excluding tert-OH is 1. The molecule has 0 heterocycles. The number of aryl methyl sites for hydroxylation is 1. The fourth-order valence-corrected chi connectivity index (χ4v) is 1.16. The van der Waals surface area contributed by atoms with Gasteiger partial charge in [-0.25, -0.2) is 0 Å². The first-order valence-electron chi connectivity index (χ1n) is 4.24. The smallest absolute Gasteiger partial charge is 0.387 e. The Labute approximate surface area is 81.1 Å². The van der Waals surface area contributed by atoms with Crippen LogP contribution in [0.4, 0.5) is 8.78 Å². The predicted octanol–water partition coefficient (Wildman–Crippen LogP) is 2.65. The molecule has 78 valence electrons. The molecular formula is C10H12F2O2. The molecule has 0 bridgehead atoms. The molecule has 1 rings (SSSR count). The van der Waals surface area contributed by atoms with Crippen molar-refractivity contribution >= 4 is 0 Å². The zero-order chi connectivity index (χ0) is 10.7. The molecule has 1 aromatic carbocycles. The van der Waals surface area contributed by atoms with Gasteiger partial charge in [0, 0.05) is 0 Å². The number of aliphatic hydroxyl groups is 1. The maximum atomic E-state index is 11.9. The molecule has 0 aliphatic rings. The normalized spacial score (nSPS) is 13.0. The average molecular weight is 202 g/mol. The highest BCUT2D eigenvalue weighted by atomic mass is 19.3. The molecule has 4 heteroatoms. The molecule has 0 radical (unpaired) electrons. The highest BCUT2D eigenvalue weighted by Gasteiger charge is 2.08. The van der Waals surface area contributed by atoms with Gasteiger partial charge in [-0.05, 0) is 37.1 Å². The highest BCUT2D eigenvalue weighted by Crippen LogP contribution is 2.23. The summed E-state index contributed by atoms with van der Waals surface area (Å²) >= 11 is 0. The first-order chi connectivity index (χ1) is 6.50. The summed E-state index contributed by atoms with van der Waals surface area (Å²) in [5.74, 6) is 0.143. The van der Waals surface area contributed by atoms with Gasteiger partial charge >= 0.3 is 6.61 Å². The number of ether oxygens (including phenoxy) is 1. The number of alkyl halides is 2. The summed E-state index contributed by atoms with van der Waals surface area (Å²) in [7, 11) is 0. The van der Waals surface area contributed by atoms with E-state index in [0.29, 0.717) is 11.1 Å². The summed E-state index contributed by atoms with van der Waals surface area (Å²) in [6.45, 7) is 0.456. The molecule has 0 aliphatic heterocycles. The van der Waals surface area contributed by atoms with Crippen molar-refractivity contribution in [3.8, 4) is 5.75 Å². The first-order valence-corrected chi connectivity index (χ1v) is 4.24. The molecule has 0 saturated heterocycles. The fourth-order valence-electron chi connectivity index (χ4n) is 1.16. The summed E-state index contributed by atoms with van der Waals surface area (Å²) in [5, 5.41) is 9.23. The van der Waals surface area contributed by atoms with Crippen LogP contribution < -0.4 is 4.74 Å². The van der Waals surface area contributed by atoms with Crippen LogP contribution in [0.25, 0.3) is 0 Å². The lowest BCUT2D eigenvalue weighted by Crippen LogP contribution is -2.03. The van der Waals surface area contributed by atoms with E-state index in [9.17, 15) is 13.9 Å². The Kier molecular flexibility index (Phi) is 3.41. The van der Waals surface area contributed by atoms with Crippen LogP contribution in [0.3, 0.4) is 0 Å². The molecule has 0 fully saturated rings. The summed E-state index contributed by atoms with van der Waals surface area (Å²) in [4.78, 5) is 0. The van der Waals surface area contributed by atoms with Crippen LogP contribution in [0, 0.1) is 6.92 Å². The lowest BCUT2D eigenvalue weighted by Gasteiger charge is -2.10. The molecule has 0 aliphatic carbocycles. The minimum absolute atomic E-state index is 0.143. The van der Waals surface area contributed by atoms with Crippen LogP contribution in [-0.2, 0) is 0 Å². The number of benzene rings is 1. The van der Waals surface area contributed by atoms with Gasteiger partial charge in [-0.1, -0.05) is 6.07 Å². The van der Waals surface area contributed by atoms with E-state index in [0.717, 1.165) is 0 Å². The van der Waals surface area contributed by atoms with Gasteiger partial charge in [0.15, 0.2) is 0 Å². The van der Waals surface area contributed by atoms with Gasteiger partial charge in [-0.2, -0.15) is 8.78 Å². The molecule has 1 N–H and O–H groups in total. The van der Waals surface area contributed by atoms with E-state index in [1.54, 1.807) is 26.0 Å². The quantitative estimate of drug-likeness (QED) is 0.816. The van der Waals surface area contributed by atoms with Gasteiger partial charge in [0.05, 0.1) is 6.10 Å². The van der Waals surface area contributed by atoms with Crippen LogP contribution in [0.5, 0.6) is 5.75 Å². The maximum absolute atomic E-state index is 11.9. The average Bonchev–Trinajstić information content (AvgIpc) is 2.07. The minimum Gasteiger partial charge on any atom is -0.435 e. The zero-order valence-electron chi connectivity index (χ0n) is 8.00. The third kappa shape index (κ3) is 2.67. The summed E-state index contributed by atoms with van der Waals surface area (Å²) in [6, 6.07) is 4.63. The summed E-state index contributed by atoms with van der Waals surface area (Å²) in [6.07, 6.45) is -0.603. The molecule has 0 aromatic heterocycles. The SMILES string of the molecule is Cc1cc(C(C)O)ccc1OC(F)F. The van der Waals surface area contributed by atoms with Crippen molar-refractivity contribution in [2.24, 2.45) is 0 Å². The lowest BCUT2D eigenvalue weighted by atomic mass is 10.1. The number of hydrogen-bond acceptors (Lipinski definition) is 2. The molecular weight excluding hydrogens is 190 g/mol. The maximum Gasteiger partial charge on any atom is 0.387 e. The fraction of sp³-hybridized carbons (Fsp3) is 0.400. The monoisotopic (exact) mass is 202 g/mol. The second-order valence-corrected chi connectivity index (χ2v) is 3.08. The largest absolute Gasteiger partial charge is 0.435 e. The number of halogens is 2. The molecule has 1 unspecified atom stereocenters. The third-order valence-electron chi connectivity index (χ3n) is 1.90. The Hall–Kier alpha value is -1.16. The number of hydrogen-bond donors (Lipinski definition) is 1. The van der Waals surface area contributed by atoms with E-state index in [1.807, 2.05) is 0 Å². The van der Waals surface area contributed by atoms with E-state index in [-0.39, 0.29) is 5.75 Å². The Morgan fingerprint density at radius 1 is 1.36 bits per heavy atom. The van der Waals surface area contributed by atoms with Crippen LogP contribution in [0.1, 0.15) is 24.2 Å².